The second kappa shape index (κ2) is 15.1. The molecule has 2 fully saturated rings. The van der Waals surface area contributed by atoms with Crippen LogP contribution in [0.15, 0.2) is 67.4 Å². The Hall–Kier alpha value is -4.97. The maximum Gasteiger partial charge on any atom is 0.415 e. The molecule has 12 heteroatoms. The number of phenolic OH excluding ortho intramolecular Hbond substituents is 1. The van der Waals surface area contributed by atoms with Crippen LogP contribution >= 0.6 is 0 Å². The molecule has 47 heavy (non-hydrogen) atoms. The van der Waals surface area contributed by atoms with Gasteiger partial charge in [-0.25, -0.2) is 14.6 Å². The number of rotatable bonds is 10. The van der Waals surface area contributed by atoms with Gasteiger partial charge in [0.1, 0.15) is 18.2 Å². The molecular formula is C35H42N6O6. The highest BCUT2D eigenvalue weighted by Crippen LogP contribution is 2.40. The molecule has 1 aromatic heterocycles. The molecule has 1 aliphatic carbocycles. The zero-order chi connectivity index (χ0) is 33.5. The van der Waals surface area contributed by atoms with Crippen molar-refractivity contribution in [3.05, 3.63) is 89.6 Å². The van der Waals surface area contributed by atoms with Crippen molar-refractivity contribution in [3.63, 3.8) is 0 Å². The van der Waals surface area contributed by atoms with Crippen LogP contribution in [0.5, 0.6) is 5.75 Å². The lowest BCUT2D eigenvalue weighted by Crippen LogP contribution is -2.49. The number of nitrogens with one attached hydrogen (secondary N) is 1. The Bertz CT molecular complexity index is 1570. The average Bonchev–Trinajstić information content (AvgIpc) is 3.92. The lowest BCUT2D eigenvalue weighted by Gasteiger charge is -2.39. The summed E-state index contributed by atoms with van der Waals surface area (Å²) in [6, 6.07) is 14.6. The van der Waals surface area contributed by atoms with Crippen LogP contribution in [0.3, 0.4) is 0 Å². The highest BCUT2D eigenvalue weighted by molar-refractivity contribution is 5.89. The van der Waals surface area contributed by atoms with Gasteiger partial charge in [-0.05, 0) is 67.7 Å². The summed E-state index contributed by atoms with van der Waals surface area (Å²) < 4.78 is 5.18. The lowest BCUT2D eigenvalue weighted by molar-refractivity contribution is -0.128. The van der Waals surface area contributed by atoms with Crippen molar-refractivity contribution in [3.8, 4) is 5.75 Å². The SMILES string of the molecule is C=CC(=O)N1CCN(C(CC2CC2)c2ccc([C@H](C)Nc3ncc4c(n3)N(CC)C(=O)OC4)cc2)CC1.O=C(O)c1ccc(O)cc1. The van der Waals surface area contributed by atoms with Gasteiger partial charge < -0.3 is 25.2 Å². The molecule has 2 aromatic carbocycles. The van der Waals surface area contributed by atoms with Gasteiger partial charge in [0, 0.05) is 45.0 Å². The minimum absolute atomic E-state index is 0.00642. The number of benzene rings is 2. The standard InChI is InChI=1S/C28H36N6O3.C7H6O3/c1-4-25(35)33-14-12-32(13-15-33)24(16-20-6-7-20)22-10-8-21(9-11-22)19(3)30-27-29-17-23-18-37-28(36)34(5-2)26(23)31-27;8-6-3-1-5(2-4-6)7(9)10/h4,8-11,17,19-20,24H,1,5-7,12-16,18H2,2-3H3,(H,29,30,31);1-4,8H,(H,9,10)/t19-,24?;/m0./s1. The number of hydrogen-bond acceptors (Lipinski definition) is 9. The van der Waals surface area contributed by atoms with Gasteiger partial charge in [-0.15, -0.1) is 0 Å². The summed E-state index contributed by atoms with van der Waals surface area (Å²) in [7, 11) is 0. The largest absolute Gasteiger partial charge is 0.508 e. The minimum Gasteiger partial charge on any atom is -0.508 e. The molecule has 12 nitrogen and oxygen atoms in total. The van der Waals surface area contributed by atoms with E-state index in [-0.39, 0.29) is 36.0 Å². The molecule has 3 heterocycles. The zero-order valence-electron chi connectivity index (χ0n) is 26.8. The van der Waals surface area contributed by atoms with E-state index in [1.165, 1.54) is 60.1 Å². The number of carboxylic acids is 1. The molecule has 1 saturated heterocycles. The predicted molar refractivity (Wildman–Crippen MR) is 177 cm³/mol. The number of carboxylic acid groups (broad SMARTS) is 1. The first kappa shape index (κ1) is 33.4. The average molecular weight is 643 g/mol. The summed E-state index contributed by atoms with van der Waals surface area (Å²) in [5.41, 5.74) is 3.45. The first-order valence-corrected chi connectivity index (χ1v) is 16.0. The Labute approximate surface area is 274 Å². The molecule has 2 amide bonds. The van der Waals surface area contributed by atoms with E-state index in [2.05, 4.69) is 58.0 Å². The third-order valence-corrected chi connectivity index (χ3v) is 8.76. The normalized spacial score (nSPS) is 17.4. The monoisotopic (exact) mass is 642 g/mol. The van der Waals surface area contributed by atoms with E-state index in [1.54, 1.807) is 6.20 Å². The second-order valence-electron chi connectivity index (χ2n) is 12.0. The van der Waals surface area contributed by atoms with Crippen molar-refractivity contribution in [2.45, 2.75) is 51.8 Å². The highest BCUT2D eigenvalue weighted by atomic mass is 16.6. The molecule has 3 aromatic rings. The van der Waals surface area contributed by atoms with Crippen LogP contribution in [0.2, 0.25) is 0 Å². The molecule has 0 radical (unpaired) electrons. The molecule has 0 spiro atoms. The van der Waals surface area contributed by atoms with Crippen molar-refractivity contribution in [2.24, 2.45) is 5.92 Å². The molecule has 2 aliphatic heterocycles. The third-order valence-electron chi connectivity index (χ3n) is 8.76. The molecule has 1 saturated carbocycles. The van der Waals surface area contributed by atoms with Gasteiger partial charge in [0.25, 0.3) is 0 Å². The number of carbonyl (C=O) groups is 3. The van der Waals surface area contributed by atoms with E-state index in [4.69, 9.17) is 14.9 Å². The fraction of sp³-hybridized carbons (Fsp3) is 0.400. The Morgan fingerprint density at radius 3 is 2.32 bits per heavy atom. The number of cyclic esters (lactones) is 1. The summed E-state index contributed by atoms with van der Waals surface area (Å²) in [4.78, 5) is 49.3. The Morgan fingerprint density at radius 1 is 1.06 bits per heavy atom. The number of fused-ring (bicyclic) bond motifs is 1. The Kier molecular flexibility index (Phi) is 10.7. The first-order valence-electron chi connectivity index (χ1n) is 16.0. The number of phenols is 1. The van der Waals surface area contributed by atoms with Gasteiger partial charge >= 0.3 is 12.1 Å². The molecule has 2 atom stereocenters. The van der Waals surface area contributed by atoms with Crippen molar-refractivity contribution in [1.29, 1.82) is 0 Å². The number of aromatic hydroxyl groups is 1. The number of anilines is 2. The first-order chi connectivity index (χ1) is 22.7. The van der Waals surface area contributed by atoms with Gasteiger partial charge in [-0.3, -0.25) is 14.6 Å². The van der Waals surface area contributed by atoms with Crippen molar-refractivity contribution < 1.29 is 29.3 Å². The minimum atomic E-state index is -0.986. The van der Waals surface area contributed by atoms with Crippen LogP contribution in [0.25, 0.3) is 0 Å². The van der Waals surface area contributed by atoms with E-state index < -0.39 is 5.97 Å². The van der Waals surface area contributed by atoms with Gasteiger partial charge in [-0.2, -0.15) is 4.98 Å². The van der Waals surface area contributed by atoms with Gasteiger partial charge in [0.15, 0.2) is 0 Å². The number of ether oxygens (including phenoxy) is 1. The summed E-state index contributed by atoms with van der Waals surface area (Å²) in [5, 5.41) is 20.5. The van der Waals surface area contributed by atoms with Crippen LogP contribution in [-0.4, -0.2) is 80.7 Å². The van der Waals surface area contributed by atoms with Crippen LogP contribution in [0, 0.1) is 5.92 Å². The van der Waals surface area contributed by atoms with Crippen molar-refractivity contribution in [1.82, 2.24) is 19.8 Å². The van der Waals surface area contributed by atoms with Crippen LogP contribution in [0.1, 0.15) is 72.2 Å². The highest BCUT2D eigenvalue weighted by Gasteiger charge is 2.32. The number of piperazine rings is 1. The number of amides is 2. The van der Waals surface area contributed by atoms with Gasteiger partial charge in [0.2, 0.25) is 11.9 Å². The van der Waals surface area contributed by atoms with E-state index in [0.717, 1.165) is 43.2 Å². The fourth-order valence-corrected chi connectivity index (χ4v) is 5.82. The Balaban J connectivity index is 0.000000371. The van der Waals surface area contributed by atoms with E-state index in [1.807, 2.05) is 11.8 Å². The van der Waals surface area contributed by atoms with Gasteiger partial charge in [0.05, 0.1) is 17.2 Å². The third kappa shape index (κ3) is 8.44. The number of nitrogens with zero attached hydrogens (tertiary/aromatic N) is 5. The lowest BCUT2D eigenvalue weighted by atomic mass is 9.96. The number of hydrogen-bond donors (Lipinski definition) is 3. The number of aromatic nitrogens is 2. The van der Waals surface area contributed by atoms with Gasteiger partial charge in [-0.1, -0.05) is 43.7 Å². The quantitative estimate of drug-likeness (QED) is 0.246. The van der Waals surface area contributed by atoms with Crippen LogP contribution < -0.4 is 10.2 Å². The summed E-state index contributed by atoms with van der Waals surface area (Å²) in [6.07, 6.45) is 6.56. The zero-order valence-corrected chi connectivity index (χ0v) is 26.8. The predicted octanol–water partition coefficient (Wildman–Crippen LogP) is 5.39. The molecular weight excluding hydrogens is 600 g/mol. The summed E-state index contributed by atoms with van der Waals surface area (Å²) in [6.45, 7) is 11.6. The smallest absolute Gasteiger partial charge is 0.415 e. The summed E-state index contributed by atoms with van der Waals surface area (Å²) >= 11 is 0. The van der Waals surface area contributed by atoms with Crippen molar-refractivity contribution >= 4 is 29.7 Å². The number of carbonyl (C=O) groups excluding carboxylic acids is 2. The molecule has 0 bridgehead atoms. The van der Waals surface area contributed by atoms with E-state index in [9.17, 15) is 14.4 Å². The molecule has 1 unspecified atom stereocenters. The molecule has 6 rings (SSSR count). The molecule has 3 N–H and O–H groups in total. The maximum absolute atomic E-state index is 12.1. The van der Waals surface area contributed by atoms with E-state index in [0.29, 0.717) is 24.4 Å². The number of aromatic carboxylic acids is 1. The molecule has 248 valence electrons. The molecule has 3 aliphatic rings. The topological polar surface area (TPSA) is 148 Å². The Morgan fingerprint density at radius 2 is 1.72 bits per heavy atom. The van der Waals surface area contributed by atoms with Crippen LogP contribution in [-0.2, 0) is 16.1 Å². The van der Waals surface area contributed by atoms with Crippen molar-refractivity contribution in [2.75, 3.05) is 42.9 Å². The maximum atomic E-state index is 12.1. The second-order valence-corrected chi connectivity index (χ2v) is 12.0. The van der Waals surface area contributed by atoms with E-state index >= 15 is 0 Å². The summed E-state index contributed by atoms with van der Waals surface area (Å²) in [5.74, 6) is 1.01. The fourth-order valence-electron chi connectivity index (χ4n) is 5.82. The van der Waals surface area contributed by atoms with Crippen LogP contribution in [0.4, 0.5) is 16.6 Å².